The van der Waals surface area contributed by atoms with Crippen molar-refractivity contribution in [1.29, 1.82) is 0 Å². The van der Waals surface area contributed by atoms with E-state index in [4.69, 9.17) is 4.74 Å². The molecule has 3 rings (SSSR count). The quantitative estimate of drug-likeness (QED) is 0.571. The van der Waals surface area contributed by atoms with E-state index < -0.39 is 0 Å². The van der Waals surface area contributed by atoms with Gasteiger partial charge < -0.3 is 4.74 Å². The first-order valence-electron chi connectivity index (χ1n) is 5.66. The van der Waals surface area contributed by atoms with Crippen LogP contribution in [0.15, 0.2) is 0 Å². The standard InChI is InChI=1S/C12H19BrO2/c1-5-15-9(14)12-7-6-11(4,8(12)13)10(12,2)3/h8H,5-7H2,1-4H3/t8-,11+,12-/m0/s1. The molecule has 15 heavy (non-hydrogen) atoms. The van der Waals surface area contributed by atoms with Gasteiger partial charge in [0.1, 0.15) is 0 Å². The number of carbonyl (C=O) groups excluding carboxylic acids is 1. The molecule has 3 fully saturated rings. The van der Waals surface area contributed by atoms with Crippen molar-refractivity contribution in [2.45, 2.75) is 45.4 Å². The zero-order chi connectivity index (χ0) is 11.5. The number of rotatable bonds is 2. The van der Waals surface area contributed by atoms with Gasteiger partial charge >= 0.3 is 5.97 Å². The molecule has 3 saturated carbocycles. The number of esters is 1. The van der Waals surface area contributed by atoms with Crippen LogP contribution >= 0.6 is 15.9 Å². The highest BCUT2D eigenvalue weighted by Crippen LogP contribution is 2.80. The second-order valence-electron chi connectivity index (χ2n) is 5.60. The topological polar surface area (TPSA) is 26.3 Å². The number of alkyl halides is 1. The summed E-state index contributed by atoms with van der Waals surface area (Å²) in [6, 6.07) is 0. The smallest absolute Gasteiger partial charge is 0.313 e. The molecule has 3 aliphatic carbocycles. The fourth-order valence-corrected chi connectivity index (χ4v) is 5.45. The number of halogens is 1. The Balaban J connectivity index is 2.35. The summed E-state index contributed by atoms with van der Waals surface area (Å²) >= 11 is 3.71. The Morgan fingerprint density at radius 3 is 2.33 bits per heavy atom. The SMILES string of the molecule is CCOC(=O)[C@]12CC[C@](C)([C@@H]1Br)C2(C)C. The Labute approximate surface area is 99.9 Å². The highest BCUT2D eigenvalue weighted by molar-refractivity contribution is 9.09. The van der Waals surface area contributed by atoms with E-state index in [1.54, 1.807) is 0 Å². The van der Waals surface area contributed by atoms with Gasteiger partial charge in [0, 0.05) is 4.83 Å². The van der Waals surface area contributed by atoms with Gasteiger partial charge in [-0.3, -0.25) is 4.79 Å². The zero-order valence-corrected chi connectivity index (χ0v) is 11.5. The molecule has 0 heterocycles. The van der Waals surface area contributed by atoms with Crippen LogP contribution in [0.4, 0.5) is 0 Å². The summed E-state index contributed by atoms with van der Waals surface area (Å²) in [6.07, 6.45) is 2.08. The third kappa shape index (κ3) is 0.943. The van der Waals surface area contributed by atoms with Gasteiger partial charge in [-0.05, 0) is 30.6 Å². The lowest BCUT2D eigenvalue weighted by atomic mass is 9.43. The van der Waals surface area contributed by atoms with Crippen molar-refractivity contribution in [2.75, 3.05) is 6.61 Å². The van der Waals surface area contributed by atoms with E-state index in [2.05, 4.69) is 36.7 Å². The molecular weight excluding hydrogens is 256 g/mol. The largest absolute Gasteiger partial charge is 0.466 e. The van der Waals surface area contributed by atoms with Crippen molar-refractivity contribution < 1.29 is 9.53 Å². The first kappa shape index (κ1) is 11.4. The maximum Gasteiger partial charge on any atom is 0.313 e. The number of ether oxygens (including phenoxy) is 1. The molecule has 3 atom stereocenters. The molecule has 0 saturated heterocycles. The van der Waals surface area contributed by atoms with Crippen LogP contribution in [0.25, 0.3) is 0 Å². The molecule has 0 amide bonds. The number of fused-ring (bicyclic) bond motifs is 1. The average Bonchev–Trinajstić information content (AvgIpc) is 2.55. The molecule has 2 nitrogen and oxygen atoms in total. The van der Waals surface area contributed by atoms with Gasteiger partial charge in [0.15, 0.2) is 0 Å². The van der Waals surface area contributed by atoms with Gasteiger partial charge in [-0.15, -0.1) is 0 Å². The molecule has 0 N–H and O–H groups in total. The van der Waals surface area contributed by atoms with Crippen molar-refractivity contribution in [1.82, 2.24) is 0 Å². The molecule has 0 aromatic rings. The maximum atomic E-state index is 12.1. The maximum absolute atomic E-state index is 12.1. The number of carbonyl (C=O) groups is 1. The van der Waals surface area contributed by atoms with E-state index in [9.17, 15) is 4.79 Å². The Hall–Kier alpha value is -0.0500. The van der Waals surface area contributed by atoms with Gasteiger partial charge in [-0.1, -0.05) is 36.7 Å². The summed E-state index contributed by atoms with van der Waals surface area (Å²) < 4.78 is 5.25. The highest BCUT2D eigenvalue weighted by atomic mass is 79.9. The molecule has 0 aromatic carbocycles. The van der Waals surface area contributed by atoms with Crippen LogP contribution in [0.3, 0.4) is 0 Å². The van der Waals surface area contributed by atoms with E-state index in [0.29, 0.717) is 6.61 Å². The second-order valence-corrected chi connectivity index (χ2v) is 6.51. The third-order valence-corrected chi connectivity index (χ3v) is 7.01. The third-order valence-electron chi connectivity index (χ3n) is 5.21. The van der Waals surface area contributed by atoms with Crippen molar-refractivity contribution >= 4 is 21.9 Å². The lowest BCUT2D eigenvalue weighted by molar-refractivity contribution is -0.186. The predicted molar refractivity (Wildman–Crippen MR) is 62.9 cm³/mol. The van der Waals surface area contributed by atoms with Crippen LogP contribution in [0.2, 0.25) is 0 Å². The summed E-state index contributed by atoms with van der Waals surface area (Å²) in [5, 5.41) is 0. The van der Waals surface area contributed by atoms with Gasteiger partial charge in [0.2, 0.25) is 0 Å². The van der Waals surface area contributed by atoms with Crippen molar-refractivity contribution in [2.24, 2.45) is 16.2 Å². The zero-order valence-electron chi connectivity index (χ0n) is 9.89. The lowest BCUT2D eigenvalue weighted by Gasteiger charge is -2.63. The summed E-state index contributed by atoms with van der Waals surface area (Å²) in [7, 11) is 0. The molecule has 0 unspecified atom stereocenters. The number of hydrogen-bond acceptors (Lipinski definition) is 2. The Morgan fingerprint density at radius 1 is 1.40 bits per heavy atom. The average molecular weight is 275 g/mol. The van der Waals surface area contributed by atoms with Crippen molar-refractivity contribution in [3.05, 3.63) is 0 Å². The normalized spacial score (nSPS) is 46.1. The monoisotopic (exact) mass is 274 g/mol. The molecule has 2 bridgehead atoms. The van der Waals surface area contributed by atoms with Gasteiger partial charge in [0.25, 0.3) is 0 Å². The highest BCUT2D eigenvalue weighted by Gasteiger charge is 2.80. The van der Waals surface area contributed by atoms with Crippen LogP contribution in [0, 0.1) is 16.2 Å². The van der Waals surface area contributed by atoms with Crippen LogP contribution in [-0.2, 0) is 9.53 Å². The van der Waals surface area contributed by atoms with E-state index in [1.165, 1.54) is 0 Å². The fraction of sp³-hybridized carbons (Fsp3) is 0.917. The molecule has 0 spiro atoms. The predicted octanol–water partition coefficient (Wildman–Crippen LogP) is 3.14. The van der Waals surface area contributed by atoms with Crippen LogP contribution in [0.5, 0.6) is 0 Å². The van der Waals surface area contributed by atoms with Crippen LogP contribution in [0.1, 0.15) is 40.5 Å². The molecule has 3 heteroatoms. The molecule has 3 aliphatic rings. The molecular formula is C12H19BrO2. The minimum Gasteiger partial charge on any atom is -0.466 e. The summed E-state index contributed by atoms with van der Waals surface area (Å²) in [5.41, 5.74) is 0.0257. The summed E-state index contributed by atoms with van der Waals surface area (Å²) in [5.74, 6) is -0.00755. The van der Waals surface area contributed by atoms with Gasteiger partial charge in [0.05, 0.1) is 12.0 Å². The minimum atomic E-state index is -0.280. The molecule has 0 aromatic heterocycles. The second kappa shape index (κ2) is 2.99. The van der Waals surface area contributed by atoms with Gasteiger partial charge in [-0.2, -0.15) is 0 Å². The van der Waals surface area contributed by atoms with E-state index in [1.807, 2.05) is 6.92 Å². The van der Waals surface area contributed by atoms with Crippen molar-refractivity contribution in [3.63, 3.8) is 0 Å². The molecule has 0 aliphatic heterocycles. The minimum absolute atomic E-state index is 0.00755. The van der Waals surface area contributed by atoms with Crippen molar-refractivity contribution in [3.8, 4) is 0 Å². The Morgan fingerprint density at radius 2 is 2.00 bits per heavy atom. The molecule has 0 radical (unpaired) electrons. The molecule has 86 valence electrons. The summed E-state index contributed by atoms with van der Waals surface area (Å²) in [4.78, 5) is 12.4. The first-order valence-corrected chi connectivity index (χ1v) is 6.57. The van der Waals surface area contributed by atoms with Crippen LogP contribution < -0.4 is 0 Å². The summed E-state index contributed by atoms with van der Waals surface area (Å²) in [6.45, 7) is 9.03. The first-order chi connectivity index (χ1) is 6.84. The Kier molecular flexibility index (Phi) is 2.28. The van der Waals surface area contributed by atoms with Crippen LogP contribution in [-0.4, -0.2) is 17.4 Å². The van der Waals surface area contributed by atoms with Gasteiger partial charge in [-0.25, -0.2) is 0 Å². The van der Waals surface area contributed by atoms with E-state index in [0.717, 1.165) is 12.8 Å². The fourth-order valence-electron chi connectivity index (χ4n) is 3.67. The van der Waals surface area contributed by atoms with E-state index >= 15 is 0 Å². The number of hydrogen-bond donors (Lipinski definition) is 0. The Bertz CT molecular complexity index is 313. The lowest BCUT2D eigenvalue weighted by Crippen LogP contribution is -2.67. The van der Waals surface area contributed by atoms with E-state index in [-0.39, 0.29) is 27.0 Å².